The predicted octanol–water partition coefficient (Wildman–Crippen LogP) is 5.80. The molecule has 0 spiro atoms. The zero-order chi connectivity index (χ0) is 24.4. The van der Waals surface area contributed by atoms with Crippen LogP contribution >= 0.6 is 23.2 Å². The van der Waals surface area contributed by atoms with Crippen LogP contribution < -0.4 is 4.74 Å². The van der Waals surface area contributed by atoms with E-state index in [0.29, 0.717) is 21.9 Å². The molecule has 2 aromatic carbocycles. The summed E-state index contributed by atoms with van der Waals surface area (Å²) >= 11 is 12.3. The molecular formula is C26H22Cl2N2O4. The van der Waals surface area contributed by atoms with E-state index in [1.807, 2.05) is 19.9 Å². The molecule has 0 aliphatic carbocycles. The first-order chi connectivity index (χ1) is 16.3. The maximum atomic E-state index is 13.2. The summed E-state index contributed by atoms with van der Waals surface area (Å²) in [5.41, 5.74) is 1.66. The van der Waals surface area contributed by atoms with Crippen molar-refractivity contribution < 1.29 is 19.4 Å². The van der Waals surface area contributed by atoms with Gasteiger partial charge >= 0.3 is 0 Å². The van der Waals surface area contributed by atoms with Gasteiger partial charge < -0.3 is 14.7 Å². The van der Waals surface area contributed by atoms with Crippen molar-refractivity contribution in [3.8, 4) is 5.75 Å². The molecule has 4 rings (SSSR count). The lowest BCUT2D eigenvalue weighted by Gasteiger charge is -2.25. The number of Topliss-reactive ketones (excluding diaryl/α,β-unsaturated/α-hetero) is 1. The third-order valence-corrected chi connectivity index (χ3v) is 6.11. The molecule has 1 atom stereocenters. The fourth-order valence-corrected chi connectivity index (χ4v) is 4.19. The van der Waals surface area contributed by atoms with E-state index in [1.54, 1.807) is 60.9 Å². The quantitative estimate of drug-likeness (QED) is 0.265. The molecule has 6 nitrogen and oxygen atoms in total. The highest BCUT2D eigenvalue weighted by molar-refractivity contribution is 6.46. The van der Waals surface area contributed by atoms with E-state index in [4.69, 9.17) is 27.9 Å². The number of carbonyl (C=O) groups is 2. The Bertz CT molecular complexity index is 1260. The Hall–Kier alpha value is -3.35. The molecular weight excluding hydrogens is 475 g/mol. The van der Waals surface area contributed by atoms with Crippen LogP contribution in [-0.2, 0) is 16.1 Å². The lowest BCUT2D eigenvalue weighted by Crippen LogP contribution is -2.29. The number of likely N-dealkylation sites (tertiary alicyclic amines) is 1. The van der Waals surface area contributed by atoms with Crippen molar-refractivity contribution in [2.45, 2.75) is 32.5 Å². The zero-order valence-electron chi connectivity index (χ0n) is 18.5. The molecule has 1 amide bonds. The number of carbonyl (C=O) groups excluding carboxylic acids is 2. The molecule has 1 aliphatic heterocycles. The summed E-state index contributed by atoms with van der Waals surface area (Å²) in [7, 11) is 0. The predicted molar refractivity (Wildman–Crippen MR) is 131 cm³/mol. The SMILES string of the molecule is CC(C)Oc1ccc(C(O)=C2C(=O)C(=O)N(Cc3cccnc3)[C@H]2c2ccc(Cl)c(Cl)c2)cc1. The average molecular weight is 497 g/mol. The number of ether oxygens (including phenoxy) is 1. The van der Waals surface area contributed by atoms with Crippen LogP contribution in [0.15, 0.2) is 72.6 Å². The molecule has 1 aliphatic rings. The van der Waals surface area contributed by atoms with Crippen molar-refractivity contribution in [3.63, 3.8) is 0 Å². The maximum Gasteiger partial charge on any atom is 0.295 e. The Labute approximate surface area is 207 Å². The number of aliphatic hydroxyl groups excluding tert-OH is 1. The van der Waals surface area contributed by atoms with Gasteiger partial charge in [-0.25, -0.2) is 0 Å². The van der Waals surface area contributed by atoms with E-state index in [1.165, 1.54) is 4.90 Å². The van der Waals surface area contributed by atoms with E-state index in [-0.39, 0.29) is 29.0 Å². The van der Waals surface area contributed by atoms with Crippen molar-refractivity contribution in [3.05, 3.63) is 99.3 Å². The third-order valence-electron chi connectivity index (χ3n) is 5.37. The van der Waals surface area contributed by atoms with Crippen LogP contribution in [0.2, 0.25) is 10.0 Å². The largest absolute Gasteiger partial charge is 0.507 e. The maximum absolute atomic E-state index is 13.2. The highest BCUT2D eigenvalue weighted by atomic mass is 35.5. The highest BCUT2D eigenvalue weighted by Crippen LogP contribution is 2.41. The second-order valence-electron chi connectivity index (χ2n) is 8.15. The molecule has 1 N–H and O–H groups in total. The van der Waals surface area contributed by atoms with Crippen molar-refractivity contribution in [1.29, 1.82) is 0 Å². The van der Waals surface area contributed by atoms with Crippen LogP contribution in [0.5, 0.6) is 5.75 Å². The fourth-order valence-electron chi connectivity index (χ4n) is 3.88. The molecule has 0 bridgehead atoms. The summed E-state index contributed by atoms with van der Waals surface area (Å²) in [6.07, 6.45) is 3.24. The lowest BCUT2D eigenvalue weighted by atomic mass is 9.95. The van der Waals surface area contributed by atoms with Gasteiger partial charge in [-0.05, 0) is 67.4 Å². The zero-order valence-corrected chi connectivity index (χ0v) is 20.0. The molecule has 0 unspecified atom stereocenters. The Morgan fingerprint density at radius 3 is 2.44 bits per heavy atom. The molecule has 174 valence electrons. The number of benzene rings is 2. The molecule has 34 heavy (non-hydrogen) atoms. The monoisotopic (exact) mass is 496 g/mol. The second-order valence-corrected chi connectivity index (χ2v) is 8.97. The molecule has 0 saturated carbocycles. The standard InChI is InChI=1S/C26H22Cl2N2O4/c1-15(2)34-19-8-5-17(6-9-19)24(31)22-23(18-7-10-20(27)21(28)12-18)30(26(33)25(22)32)14-16-4-3-11-29-13-16/h3-13,15,23,31H,14H2,1-2H3/t23-/m0/s1. The summed E-state index contributed by atoms with van der Waals surface area (Å²) in [5.74, 6) is -1.15. The van der Waals surface area contributed by atoms with Gasteiger partial charge in [0.05, 0.1) is 27.8 Å². The van der Waals surface area contributed by atoms with Crippen molar-refractivity contribution >= 4 is 40.7 Å². The number of amides is 1. The lowest BCUT2D eigenvalue weighted by molar-refractivity contribution is -0.140. The van der Waals surface area contributed by atoms with Gasteiger partial charge in [-0.3, -0.25) is 14.6 Å². The smallest absolute Gasteiger partial charge is 0.295 e. The first-order valence-corrected chi connectivity index (χ1v) is 11.4. The van der Waals surface area contributed by atoms with Crippen LogP contribution in [0.4, 0.5) is 0 Å². The Morgan fingerprint density at radius 2 is 1.82 bits per heavy atom. The number of aromatic nitrogens is 1. The van der Waals surface area contributed by atoms with Crippen LogP contribution in [-0.4, -0.2) is 32.8 Å². The van der Waals surface area contributed by atoms with Crippen LogP contribution in [0.1, 0.15) is 36.6 Å². The van der Waals surface area contributed by atoms with Gasteiger partial charge in [0.15, 0.2) is 0 Å². The van der Waals surface area contributed by atoms with Gasteiger partial charge in [0.1, 0.15) is 11.5 Å². The average Bonchev–Trinajstić information content (AvgIpc) is 3.06. The molecule has 1 saturated heterocycles. The fraction of sp³-hybridized carbons (Fsp3) is 0.192. The normalized spacial score (nSPS) is 17.4. The van der Waals surface area contributed by atoms with Crippen LogP contribution in [0.3, 0.4) is 0 Å². The van der Waals surface area contributed by atoms with Gasteiger partial charge in [-0.15, -0.1) is 0 Å². The minimum atomic E-state index is -0.860. The van der Waals surface area contributed by atoms with Gasteiger partial charge in [0.2, 0.25) is 0 Å². The number of halogens is 2. The van der Waals surface area contributed by atoms with Crippen LogP contribution in [0.25, 0.3) is 5.76 Å². The summed E-state index contributed by atoms with van der Waals surface area (Å²) in [5, 5.41) is 11.8. The molecule has 8 heteroatoms. The number of rotatable bonds is 6. The topological polar surface area (TPSA) is 79.7 Å². The Morgan fingerprint density at radius 1 is 1.09 bits per heavy atom. The van der Waals surface area contributed by atoms with E-state index >= 15 is 0 Å². The van der Waals surface area contributed by atoms with Crippen LogP contribution in [0, 0.1) is 0 Å². The number of pyridine rings is 1. The first kappa shape index (κ1) is 23.8. The molecule has 3 aromatic rings. The Kier molecular flexibility index (Phi) is 6.91. The van der Waals surface area contributed by atoms with E-state index in [0.717, 1.165) is 5.56 Å². The molecule has 1 aromatic heterocycles. The summed E-state index contributed by atoms with van der Waals surface area (Å²) in [6.45, 7) is 3.95. The summed E-state index contributed by atoms with van der Waals surface area (Å²) in [4.78, 5) is 31.8. The van der Waals surface area contributed by atoms with Gasteiger partial charge in [-0.2, -0.15) is 0 Å². The van der Waals surface area contributed by atoms with Gasteiger partial charge in [0.25, 0.3) is 11.7 Å². The first-order valence-electron chi connectivity index (χ1n) is 10.7. The van der Waals surface area contributed by atoms with Crippen molar-refractivity contribution in [2.75, 3.05) is 0 Å². The number of ketones is 1. The molecule has 2 heterocycles. The highest BCUT2D eigenvalue weighted by Gasteiger charge is 2.46. The Balaban J connectivity index is 1.82. The minimum Gasteiger partial charge on any atom is -0.507 e. The summed E-state index contributed by atoms with van der Waals surface area (Å²) in [6, 6.07) is 14.3. The molecule has 0 radical (unpaired) electrons. The van der Waals surface area contributed by atoms with E-state index in [2.05, 4.69) is 4.98 Å². The number of hydrogen-bond acceptors (Lipinski definition) is 5. The number of nitrogens with zero attached hydrogens (tertiary/aromatic N) is 2. The van der Waals surface area contributed by atoms with E-state index < -0.39 is 17.7 Å². The summed E-state index contributed by atoms with van der Waals surface area (Å²) < 4.78 is 5.65. The minimum absolute atomic E-state index is 0.00750. The number of aliphatic hydroxyl groups is 1. The number of hydrogen-bond donors (Lipinski definition) is 1. The third kappa shape index (κ3) is 4.79. The second kappa shape index (κ2) is 9.87. The van der Waals surface area contributed by atoms with Crippen molar-refractivity contribution in [1.82, 2.24) is 9.88 Å². The van der Waals surface area contributed by atoms with Gasteiger partial charge in [0, 0.05) is 24.5 Å². The molecule has 1 fully saturated rings. The van der Waals surface area contributed by atoms with Crippen molar-refractivity contribution in [2.24, 2.45) is 0 Å². The van der Waals surface area contributed by atoms with E-state index in [9.17, 15) is 14.7 Å². The van der Waals surface area contributed by atoms with Gasteiger partial charge in [-0.1, -0.05) is 35.3 Å².